The third kappa shape index (κ3) is 4.02. The van der Waals surface area contributed by atoms with E-state index in [2.05, 4.69) is 11.4 Å². The molecule has 0 spiro atoms. The molecule has 2 N–H and O–H groups in total. The predicted molar refractivity (Wildman–Crippen MR) is 68.0 cm³/mol. The Kier molecular flexibility index (Phi) is 4.40. The van der Waals surface area contributed by atoms with Crippen molar-refractivity contribution in [1.29, 1.82) is 0 Å². The lowest BCUT2D eigenvalue weighted by Crippen LogP contribution is -2.28. The maximum atomic E-state index is 8.97. The molecule has 1 aromatic rings. The van der Waals surface area contributed by atoms with Crippen LogP contribution in [0.2, 0.25) is 0 Å². The van der Waals surface area contributed by atoms with E-state index in [1.807, 2.05) is 25.1 Å². The Morgan fingerprint density at radius 1 is 1.41 bits per heavy atom. The van der Waals surface area contributed by atoms with Gasteiger partial charge in [0.05, 0.1) is 13.2 Å². The summed E-state index contributed by atoms with van der Waals surface area (Å²) in [5.41, 5.74) is 1.16. The molecule has 1 fully saturated rings. The lowest BCUT2D eigenvalue weighted by atomic mass is 10.2. The van der Waals surface area contributed by atoms with E-state index < -0.39 is 0 Å². The van der Waals surface area contributed by atoms with E-state index >= 15 is 0 Å². The fraction of sp³-hybridized carbons (Fsp3) is 0.571. The molecular formula is C14H21NO2. The number of rotatable bonds is 7. The van der Waals surface area contributed by atoms with Crippen LogP contribution in [0.15, 0.2) is 24.3 Å². The largest absolute Gasteiger partial charge is 0.493 e. The van der Waals surface area contributed by atoms with Crippen molar-refractivity contribution in [1.82, 2.24) is 5.32 Å². The number of para-hydroxylation sites is 1. The van der Waals surface area contributed by atoms with Crippen molar-refractivity contribution in [2.75, 3.05) is 13.2 Å². The molecule has 1 unspecified atom stereocenters. The van der Waals surface area contributed by atoms with Crippen molar-refractivity contribution in [3.63, 3.8) is 0 Å². The van der Waals surface area contributed by atoms with E-state index in [0.29, 0.717) is 0 Å². The van der Waals surface area contributed by atoms with E-state index in [1.165, 1.54) is 12.8 Å². The van der Waals surface area contributed by atoms with Crippen LogP contribution in [0.5, 0.6) is 5.75 Å². The van der Waals surface area contributed by atoms with E-state index in [9.17, 15) is 0 Å². The Labute approximate surface area is 103 Å². The van der Waals surface area contributed by atoms with Crippen LogP contribution in [0.3, 0.4) is 0 Å². The first-order valence-corrected chi connectivity index (χ1v) is 6.34. The zero-order valence-electron chi connectivity index (χ0n) is 10.4. The molecule has 3 heteroatoms. The van der Waals surface area contributed by atoms with Gasteiger partial charge in [0.2, 0.25) is 0 Å². The Morgan fingerprint density at radius 3 is 2.88 bits per heavy atom. The van der Waals surface area contributed by atoms with Crippen LogP contribution in [0.25, 0.3) is 0 Å². The third-order valence-corrected chi connectivity index (χ3v) is 3.06. The number of hydrogen-bond donors (Lipinski definition) is 2. The highest BCUT2D eigenvalue weighted by Crippen LogP contribution is 2.30. The van der Waals surface area contributed by atoms with Gasteiger partial charge in [0.15, 0.2) is 0 Å². The minimum absolute atomic E-state index is 0.117. The fourth-order valence-corrected chi connectivity index (χ4v) is 1.63. The topological polar surface area (TPSA) is 41.5 Å². The van der Waals surface area contributed by atoms with Gasteiger partial charge in [0, 0.05) is 18.2 Å². The first-order chi connectivity index (χ1) is 8.29. The number of hydrogen-bond acceptors (Lipinski definition) is 3. The minimum Gasteiger partial charge on any atom is -0.493 e. The van der Waals surface area contributed by atoms with Gasteiger partial charge >= 0.3 is 0 Å². The second-order valence-electron chi connectivity index (χ2n) is 4.83. The first-order valence-electron chi connectivity index (χ1n) is 6.34. The van der Waals surface area contributed by atoms with Gasteiger partial charge in [-0.15, -0.1) is 0 Å². The average molecular weight is 235 g/mol. The van der Waals surface area contributed by atoms with Crippen LogP contribution >= 0.6 is 0 Å². The highest BCUT2D eigenvalue weighted by Gasteiger charge is 2.22. The molecule has 1 atom stereocenters. The lowest BCUT2D eigenvalue weighted by molar-refractivity contribution is 0.249. The smallest absolute Gasteiger partial charge is 0.123 e. The zero-order chi connectivity index (χ0) is 12.1. The molecule has 3 nitrogen and oxygen atoms in total. The molecule has 0 aliphatic heterocycles. The number of benzene rings is 1. The van der Waals surface area contributed by atoms with E-state index in [1.54, 1.807) is 0 Å². The number of aliphatic hydroxyl groups is 1. The van der Waals surface area contributed by atoms with E-state index in [-0.39, 0.29) is 12.6 Å². The first kappa shape index (κ1) is 12.4. The molecule has 0 saturated heterocycles. The summed E-state index contributed by atoms with van der Waals surface area (Å²) in [7, 11) is 0. The molecule has 0 radical (unpaired) electrons. The fourth-order valence-electron chi connectivity index (χ4n) is 1.63. The van der Waals surface area contributed by atoms with Gasteiger partial charge in [-0.05, 0) is 31.7 Å². The van der Waals surface area contributed by atoms with Crippen molar-refractivity contribution in [3.8, 4) is 5.75 Å². The monoisotopic (exact) mass is 235 g/mol. The Balaban J connectivity index is 1.89. The summed E-state index contributed by atoms with van der Waals surface area (Å²) < 4.78 is 5.82. The van der Waals surface area contributed by atoms with Crippen LogP contribution in [0.4, 0.5) is 0 Å². The molecule has 1 aliphatic carbocycles. The molecule has 0 aromatic heterocycles. The van der Waals surface area contributed by atoms with Gasteiger partial charge in [0.1, 0.15) is 5.75 Å². The summed E-state index contributed by atoms with van der Waals surface area (Å²) in [5.74, 6) is 1.74. The van der Waals surface area contributed by atoms with Crippen molar-refractivity contribution >= 4 is 0 Å². The average Bonchev–Trinajstić information content (AvgIpc) is 3.18. The predicted octanol–water partition coefficient (Wildman–Crippen LogP) is 1.95. The van der Waals surface area contributed by atoms with E-state index in [0.717, 1.165) is 30.4 Å². The molecule has 94 valence electrons. The van der Waals surface area contributed by atoms with Gasteiger partial charge in [-0.1, -0.05) is 18.2 Å². The highest BCUT2D eigenvalue weighted by molar-refractivity contribution is 5.33. The molecule has 1 aliphatic rings. The van der Waals surface area contributed by atoms with Gasteiger partial charge in [-0.25, -0.2) is 0 Å². The molecule has 0 bridgehead atoms. The Bertz CT molecular complexity index is 350. The standard InChI is InChI=1S/C14H21NO2/c1-11(9-16)15-8-13-4-2-3-5-14(13)17-10-12-6-7-12/h2-5,11-12,15-16H,6-10H2,1H3. The van der Waals surface area contributed by atoms with Crippen LogP contribution in [-0.2, 0) is 6.54 Å². The Hall–Kier alpha value is -1.06. The van der Waals surface area contributed by atoms with Crippen molar-refractivity contribution in [2.24, 2.45) is 5.92 Å². The summed E-state index contributed by atoms with van der Waals surface area (Å²) in [6.45, 7) is 3.70. The van der Waals surface area contributed by atoms with E-state index in [4.69, 9.17) is 9.84 Å². The van der Waals surface area contributed by atoms with Crippen LogP contribution in [0.1, 0.15) is 25.3 Å². The minimum atomic E-state index is 0.117. The van der Waals surface area contributed by atoms with Crippen LogP contribution < -0.4 is 10.1 Å². The van der Waals surface area contributed by atoms with Crippen LogP contribution in [-0.4, -0.2) is 24.4 Å². The molecular weight excluding hydrogens is 214 g/mol. The summed E-state index contributed by atoms with van der Waals surface area (Å²) in [6, 6.07) is 8.22. The van der Waals surface area contributed by atoms with Crippen molar-refractivity contribution in [2.45, 2.75) is 32.4 Å². The molecule has 0 amide bonds. The molecule has 17 heavy (non-hydrogen) atoms. The molecule has 1 saturated carbocycles. The second-order valence-corrected chi connectivity index (χ2v) is 4.83. The highest BCUT2D eigenvalue weighted by atomic mass is 16.5. The second kappa shape index (κ2) is 6.03. The maximum Gasteiger partial charge on any atom is 0.123 e. The zero-order valence-corrected chi connectivity index (χ0v) is 10.4. The van der Waals surface area contributed by atoms with Gasteiger partial charge in [-0.2, -0.15) is 0 Å². The SMILES string of the molecule is CC(CO)NCc1ccccc1OCC1CC1. The Morgan fingerprint density at radius 2 is 2.18 bits per heavy atom. The summed E-state index contributed by atoms with van der Waals surface area (Å²) in [6.07, 6.45) is 2.62. The van der Waals surface area contributed by atoms with Gasteiger partial charge < -0.3 is 15.2 Å². The van der Waals surface area contributed by atoms with Crippen molar-refractivity contribution < 1.29 is 9.84 Å². The van der Waals surface area contributed by atoms with Crippen LogP contribution in [0, 0.1) is 5.92 Å². The summed E-state index contributed by atoms with van der Waals surface area (Å²) >= 11 is 0. The van der Waals surface area contributed by atoms with Crippen molar-refractivity contribution in [3.05, 3.63) is 29.8 Å². The number of ether oxygens (including phenoxy) is 1. The van der Waals surface area contributed by atoms with Gasteiger partial charge in [-0.3, -0.25) is 0 Å². The molecule has 0 heterocycles. The summed E-state index contributed by atoms with van der Waals surface area (Å²) in [4.78, 5) is 0. The van der Waals surface area contributed by atoms with Gasteiger partial charge in [0.25, 0.3) is 0 Å². The quantitative estimate of drug-likeness (QED) is 0.759. The number of aliphatic hydroxyl groups excluding tert-OH is 1. The molecule has 2 rings (SSSR count). The normalized spacial score (nSPS) is 16.8. The molecule has 1 aromatic carbocycles. The maximum absolute atomic E-state index is 8.97. The summed E-state index contributed by atoms with van der Waals surface area (Å²) in [5, 5.41) is 12.2. The number of nitrogens with one attached hydrogen (secondary N) is 1. The third-order valence-electron chi connectivity index (χ3n) is 3.06. The lowest BCUT2D eigenvalue weighted by Gasteiger charge is -2.14.